The molecule has 0 fully saturated rings. The van der Waals surface area contributed by atoms with E-state index in [2.05, 4.69) is 5.32 Å². The molecule has 0 aliphatic heterocycles. The van der Waals surface area contributed by atoms with Gasteiger partial charge in [0.15, 0.2) is 0 Å². The van der Waals surface area contributed by atoms with Crippen molar-refractivity contribution in [3.8, 4) is 0 Å². The van der Waals surface area contributed by atoms with Gasteiger partial charge >= 0.3 is 6.09 Å². The van der Waals surface area contributed by atoms with Crippen LogP contribution in [0.2, 0.25) is 0 Å². The summed E-state index contributed by atoms with van der Waals surface area (Å²) in [6.07, 6.45) is 2.06. The van der Waals surface area contributed by atoms with Crippen molar-refractivity contribution >= 4 is 6.09 Å². The van der Waals surface area contributed by atoms with Gasteiger partial charge in [-0.2, -0.15) is 0 Å². The highest BCUT2D eigenvalue weighted by atomic mass is 16.6. The van der Waals surface area contributed by atoms with Gasteiger partial charge in [0, 0.05) is 6.20 Å². The van der Waals surface area contributed by atoms with Gasteiger partial charge in [0.2, 0.25) is 0 Å². The number of amides is 1. The molecular formula is C9H17NO2. The van der Waals surface area contributed by atoms with Crippen LogP contribution in [0.3, 0.4) is 0 Å². The van der Waals surface area contributed by atoms with Crippen molar-refractivity contribution < 1.29 is 9.53 Å². The van der Waals surface area contributed by atoms with E-state index in [-0.39, 0.29) is 12.2 Å². The molecular weight excluding hydrogens is 154 g/mol. The Bertz CT molecular complexity index is 171. The SMILES string of the molecule is CCC(C)OC(=O)NC=C(C)C. The fraction of sp³-hybridized carbons (Fsp3) is 0.667. The van der Waals surface area contributed by atoms with Gasteiger partial charge in [0.05, 0.1) is 0 Å². The van der Waals surface area contributed by atoms with Crippen LogP contribution in [0.5, 0.6) is 0 Å². The van der Waals surface area contributed by atoms with Gasteiger partial charge in [-0.1, -0.05) is 12.5 Å². The van der Waals surface area contributed by atoms with Gasteiger partial charge in [0.1, 0.15) is 6.10 Å². The molecule has 1 unspecified atom stereocenters. The Hall–Kier alpha value is -0.990. The molecule has 0 radical (unpaired) electrons. The van der Waals surface area contributed by atoms with E-state index >= 15 is 0 Å². The topological polar surface area (TPSA) is 38.3 Å². The minimum Gasteiger partial charge on any atom is -0.446 e. The number of carbonyl (C=O) groups excluding carboxylic acids is 1. The molecule has 0 aromatic carbocycles. The van der Waals surface area contributed by atoms with Crippen LogP contribution in [0.15, 0.2) is 11.8 Å². The molecule has 3 heteroatoms. The predicted octanol–water partition coefficient (Wildman–Crippen LogP) is 2.43. The molecule has 3 nitrogen and oxygen atoms in total. The molecule has 1 N–H and O–H groups in total. The molecule has 0 saturated carbocycles. The number of allylic oxidation sites excluding steroid dienone is 1. The summed E-state index contributed by atoms with van der Waals surface area (Å²) in [4.78, 5) is 10.9. The van der Waals surface area contributed by atoms with Crippen LogP contribution in [-0.4, -0.2) is 12.2 Å². The average molecular weight is 171 g/mol. The first kappa shape index (κ1) is 11.0. The zero-order chi connectivity index (χ0) is 9.56. The molecule has 0 spiro atoms. The first-order valence-corrected chi connectivity index (χ1v) is 4.16. The van der Waals surface area contributed by atoms with Crippen LogP contribution in [0.1, 0.15) is 34.1 Å². The first-order valence-electron chi connectivity index (χ1n) is 4.16. The predicted molar refractivity (Wildman–Crippen MR) is 48.8 cm³/mol. The van der Waals surface area contributed by atoms with Gasteiger partial charge in [-0.15, -0.1) is 0 Å². The van der Waals surface area contributed by atoms with Crippen molar-refractivity contribution in [3.05, 3.63) is 11.8 Å². The summed E-state index contributed by atoms with van der Waals surface area (Å²) in [5.41, 5.74) is 1.04. The highest BCUT2D eigenvalue weighted by Gasteiger charge is 2.04. The minimum atomic E-state index is -0.384. The summed E-state index contributed by atoms with van der Waals surface area (Å²) >= 11 is 0. The highest BCUT2D eigenvalue weighted by Crippen LogP contribution is 1.96. The van der Waals surface area contributed by atoms with Crippen LogP contribution in [0, 0.1) is 0 Å². The van der Waals surface area contributed by atoms with Crippen molar-refractivity contribution in [1.82, 2.24) is 5.32 Å². The number of alkyl carbamates (subject to hydrolysis) is 1. The molecule has 0 aliphatic rings. The Kier molecular flexibility index (Phi) is 5.17. The average Bonchev–Trinajstić information content (AvgIpc) is 2.00. The van der Waals surface area contributed by atoms with Crippen molar-refractivity contribution in [2.75, 3.05) is 0 Å². The number of hydrogen-bond acceptors (Lipinski definition) is 2. The van der Waals surface area contributed by atoms with E-state index in [0.717, 1.165) is 12.0 Å². The molecule has 0 bridgehead atoms. The van der Waals surface area contributed by atoms with E-state index in [9.17, 15) is 4.79 Å². The standard InChI is InChI=1S/C9H17NO2/c1-5-8(4)12-9(11)10-6-7(2)3/h6,8H,5H2,1-4H3,(H,10,11). The van der Waals surface area contributed by atoms with Crippen LogP contribution in [-0.2, 0) is 4.74 Å². The van der Waals surface area contributed by atoms with Gasteiger partial charge < -0.3 is 4.74 Å². The number of ether oxygens (including phenoxy) is 1. The summed E-state index contributed by atoms with van der Waals surface area (Å²) in [6.45, 7) is 7.65. The van der Waals surface area contributed by atoms with Crippen molar-refractivity contribution in [2.24, 2.45) is 0 Å². The van der Waals surface area contributed by atoms with Crippen molar-refractivity contribution in [1.29, 1.82) is 0 Å². The zero-order valence-electron chi connectivity index (χ0n) is 8.18. The zero-order valence-corrected chi connectivity index (χ0v) is 8.18. The molecule has 0 heterocycles. The summed E-state index contributed by atoms with van der Waals surface area (Å²) in [5.74, 6) is 0. The Morgan fingerprint density at radius 3 is 2.58 bits per heavy atom. The van der Waals surface area contributed by atoms with E-state index < -0.39 is 0 Å². The smallest absolute Gasteiger partial charge is 0.411 e. The highest BCUT2D eigenvalue weighted by molar-refractivity contribution is 5.68. The molecule has 0 aromatic rings. The number of carbonyl (C=O) groups is 1. The molecule has 0 rings (SSSR count). The van der Waals surface area contributed by atoms with Crippen LogP contribution in [0.25, 0.3) is 0 Å². The Balaban J connectivity index is 3.67. The maximum atomic E-state index is 10.9. The van der Waals surface area contributed by atoms with E-state index in [1.165, 1.54) is 0 Å². The van der Waals surface area contributed by atoms with Crippen LogP contribution >= 0.6 is 0 Å². The Morgan fingerprint density at radius 2 is 2.17 bits per heavy atom. The molecule has 0 aliphatic carbocycles. The van der Waals surface area contributed by atoms with Gasteiger partial charge in [0.25, 0.3) is 0 Å². The van der Waals surface area contributed by atoms with Gasteiger partial charge in [-0.25, -0.2) is 4.79 Å². The van der Waals surface area contributed by atoms with Crippen molar-refractivity contribution in [3.63, 3.8) is 0 Å². The van der Waals surface area contributed by atoms with Crippen molar-refractivity contribution in [2.45, 2.75) is 40.2 Å². The summed E-state index contributed by atoms with van der Waals surface area (Å²) < 4.78 is 4.96. The fourth-order valence-corrected chi connectivity index (χ4v) is 0.503. The molecule has 12 heavy (non-hydrogen) atoms. The van der Waals surface area contributed by atoms with Crippen LogP contribution in [0.4, 0.5) is 4.79 Å². The Morgan fingerprint density at radius 1 is 1.58 bits per heavy atom. The lowest BCUT2D eigenvalue weighted by Crippen LogP contribution is -2.23. The van der Waals surface area contributed by atoms with E-state index in [0.29, 0.717) is 0 Å². The number of hydrogen-bond donors (Lipinski definition) is 1. The first-order chi connectivity index (χ1) is 5.56. The minimum absolute atomic E-state index is 0.0180. The Labute approximate surface area is 73.8 Å². The molecule has 0 aromatic heterocycles. The largest absolute Gasteiger partial charge is 0.446 e. The third kappa shape index (κ3) is 5.77. The lowest BCUT2D eigenvalue weighted by Gasteiger charge is -2.09. The second-order valence-corrected chi connectivity index (χ2v) is 2.99. The monoisotopic (exact) mass is 171 g/mol. The second-order valence-electron chi connectivity index (χ2n) is 2.99. The quantitative estimate of drug-likeness (QED) is 0.708. The van der Waals surface area contributed by atoms with Gasteiger partial charge in [-0.05, 0) is 27.2 Å². The van der Waals surface area contributed by atoms with Crippen LogP contribution < -0.4 is 5.32 Å². The maximum absolute atomic E-state index is 10.9. The molecule has 1 atom stereocenters. The lowest BCUT2D eigenvalue weighted by molar-refractivity contribution is 0.108. The maximum Gasteiger partial charge on any atom is 0.411 e. The normalized spacial score (nSPS) is 11.7. The molecule has 70 valence electrons. The fourth-order valence-electron chi connectivity index (χ4n) is 0.503. The van der Waals surface area contributed by atoms with E-state index in [1.807, 2.05) is 27.7 Å². The third-order valence-corrected chi connectivity index (χ3v) is 1.36. The molecule has 1 amide bonds. The number of nitrogens with one attached hydrogen (secondary N) is 1. The summed E-state index contributed by atoms with van der Waals surface area (Å²) in [6, 6.07) is 0. The summed E-state index contributed by atoms with van der Waals surface area (Å²) in [7, 11) is 0. The molecule has 0 saturated heterocycles. The van der Waals surface area contributed by atoms with E-state index in [4.69, 9.17) is 4.74 Å². The second kappa shape index (κ2) is 5.63. The lowest BCUT2D eigenvalue weighted by atomic mass is 10.3. The van der Waals surface area contributed by atoms with E-state index in [1.54, 1.807) is 6.20 Å². The van der Waals surface area contributed by atoms with Gasteiger partial charge in [-0.3, -0.25) is 5.32 Å². The third-order valence-electron chi connectivity index (χ3n) is 1.36. The summed E-state index contributed by atoms with van der Waals surface area (Å²) in [5, 5.41) is 2.52. The number of rotatable bonds is 3.